The molecule has 0 radical (unpaired) electrons. The van der Waals surface area contributed by atoms with E-state index in [2.05, 4.69) is 22.3 Å². The van der Waals surface area contributed by atoms with E-state index in [4.69, 9.17) is 0 Å². The Bertz CT molecular complexity index is 597. The van der Waals surface area contributed by atoms with Gasteiger partial charge in [-0.25, -0.2) is 0 Å². The Balaban J connectivity index is 1.90. The molecule has 1 heterocycles. The van der Waals surface area contributed by atoms with E-state index >= 15 is 0 Å². The van der Waals surface area contributed by atoms with E-state index in [1.807, 2.05) is 43.9 Å². The molecule has 5 heteroatoms. The lowest BCUT2D eigenvalue weighted by Gasteiger charge is -2.38. The van der Waals surface area contributed by atoms with Gasteiger partial charge in [0.15, 0.2) is 0 Å². The van der Waals surface area contributed by atoms with E-state index in [0.29, 0.717) is 13.1 Å². The third-order valence-corrected chi connectivity index (χ3v) is 4.50. The summed E-state index contributed by atoms with van der Waals surface area (Å²) in [5.74, 6) is -0.301. The molecule has 1 aliphatic heterocycles. The molecule has 138 valence electrons. The van der Waals surface area contributed by atoms with Crippen LogP contribution in [0.25, 0.3) is 0 Å². The van der Waals surface area contributed by atoms with Gasteiger partial charge in [0.05, 0.1) is 0 Å². The van der Waals surface area contributed by atoms with Crippen molar-refractivity contribution in [2.45, 2.75) is 46.7 Å². The van der Waals surface area contributed by atoms with Gasteiger partial charge in [-0.15, -0.1) is 0 Å². The number of hydrogen-bond acceptors (Lipinski definition) is 3. The standard InChI is InChI=1S/C20H31N3O2/c1-19(2,3)21-17(24)20(4,5)18(25)23-13-11-22(12-14-23)15-16-9-7-6-8-10-16/h6-10H,11-15H2,1-5H3,(H,21,24). The summed E-state index contributed by atoms with van der Waals surface area (Å²) in [6, 6.07) is 10.4. The molecule has 0 atom stereocenters. The van der Waals surface area contributed by atoms with Crippen molar-refractivity contribution in [1.29, 1.82) is 0 Å². The Hall–Kier alpha value is -1.88. The molecule has 2 rings (SSSR count). The fourth-order valence-corrected chi connectivity index (χ4v) is 2.94. The number of carbonyl (C=O) groups excluding carboxylic acids is 2. The van der Waals surface area contributed by atoms with Crippen LogP contribution in [0, 0.1) is 5.41 Å². The zero-order chi connectivity index (χ0) is 18.7. The SMILES string of the molecule is CC(C)(C)NC(=O)C(C)(C)C(=O)N1CCN(Cc2ccccc2)CC1. The number of hydrogen-bond donors (Lipinski definition) is 1. The minimum absolute atomic E-state index is 0.0892. The molecular weight excluding hydrogens is 314 g/mol. The second-order valence-electron chi connectivity index (χ2n) is 8.38. The van der Waals surface area contributed by atoms with Crippen LogP contribution in [0.15, 0.2) is 30.3 Å². The Morgan fingerprint density at radius 2 is 1.52 bits per heavy atom. The summed E-state index contributed by atoms with van der Waals surface area (Å²) in [5, 5.41) is 2.92. The molecule has 1 aromatic rings. The molecule has 0 aliphatic carbocycles. The molecule has 1 fully saturated rings. The predicted octanol–water partition coefficient (Wildman–Crippen LogP) is 2.27. The quantitative estimate of drug-likeness (QED) is 0.852. The molecule has 0 unspecified atom stereocenters. The van der Waals surface area contributed by atoms with Crippen molar-refractivity contribution in [3.05, 3.63) is 35.9 Å². The number of piperazine rings is 1. The number of nitrogens with one attached hydrogen (secondary N) is 1. The number of benzene rings is 1. The molecule has 1 aliphatic rings. The summed E-state index contributed by atoms with van der Waals surface area (Å²) >= 11 is 0. The van der Waals surface area contributed by atoms with E-state index in [1.165, 1.54) is 5.56 Å². The van der Waals surface area contributed by atoms with E-state index < -0.39 is 5.41 Å². The van der Waals surface area contributed by atoms with Crippen LogP contribution in [-0.2, 0) is 16.1 Å². The van der Waals surface area contributed by atoms with Crippen LogP contribution in [0.1, 0.15) is 40.2 Å². The molecule has 0 aromatic heterocycles. The molecule has 1 aromatic carbocycles. The third kappa shape index (κ3) is 5.30. The largest absolute Gasteiger partial charge is 0.351 e. The van der Waals surface area contributed by atoms with Gasteiger partial charge in [-0.05, 0) is 40.2 Å². The van der Waals surface area contributed by atoms with Gasteiger partial charge in [0.1, 0.15) is 5.41 Å². The average Bonchev–Trinajstić information content (AvgIpc) is 2.54. The van der Waals surface area contributed by atoms with Crippen LogP contribution in [0.5, 0.6) is 0 Å². The van der Waals surface area contributed by atoms with Gasteiger partial charge in [-0.1, -0.05) is 30.3 Å². The van der Waals surface area contributed by atoms with Crippen LogP contribution in [0.4, 0.5) is 0 Å². The molecule has 5 nitrogen and oxygen atoms in total. The highest BCUT2D eigenvalue weighted by atomic mass is 16.2. The highest BCUT2D eigenvalue weighted by Crippen LogP contribution is 2.22. The fraction of sp³-hybridized carbons (Fsp3) is 0.600. The molecular formula is C20H31N3O2. The topological polar surface area (TPSA) is 52.7 Å². The summed E-state index contributed by atoms with van der Waals surface area (Å²) < 4.78 is 0. The van der Waals surface area contributed by atoms with Gasteiger partial charge in [0, 0.05) is 38.3 Å². The van der Waals surface area contributed by atoms with Gasteiger partial charge in [-0.3, -0.25) is 14.5 Å². The van der Waals surface area contributed by atoms with Crippen LogP contribution >= 0.6 is 0 Å². The monoisotopic (exact) mass is 345 g/mol. The lowest BCUT2D eigenvalue weighted by atomic mass is 9.88. The van der Waals surface area contributed by atoms with E-state index in [1.54, 1.807) is 13.8 Å². The first-order chi connectivity index (χ1) is 11.6. The van der Waals surface area contributed by atoms with Crippen molar-refractivity contribution in [1.82, 2.24) is 15.1 Å². The fourth-order valence-electron chi connectivity index (χ4n) is 2.94. The highest BCUT2D eigenvalue weighted by Gasteiger charge is 2.41. The number of amides is 2. The first-order valence-electron chi connectivity index (χ1n) is 8.98. The Labute approximate surface area is 151 Å². The van der Waals surface area contributed by atoms with Gasteiger partial charge in [0.25, 0.3) is 0 Å². The van der Waals surface area contributed by atoms with Crippen LogP contribution < -0.4 is 5.32 Å². The minimum atomic E-state index is -1.05. The van der Waals surface area contributed by atoms with Gasteiger partial charge >= 0.3 is 0 Å². The van der Waals surface area contributed by atoms with Crippen LogP contribution in [0.3, 0.4) is 0 Å². The maximum Gasteiger partial charge on any atom is 0.237 e. The van der Waals surface area contributed by atoms with Crippen molar-refractivity contribution in [3.8, 4) is 0 Å². The lowest BCUT2D eigenvalue weighted by molar-refractivity contribution is -0.150. The molecule has 0 bridgehead atoms. The van der Waals surface area contributed by atoms with E-state index in [0.717, 1.165) is 19.6 Å². The zero-order valence-electron chi connectivity index (χ0n) is 16.1. The van der Waals surface area contributed by atoms with Crippen molar-refractivity contribution in [2.75, 3.05) is 26.2 Å². The maximum atomic E-state index is 12.9. The van der Waals surface area contributed by atoms with Gasteiger partial charge in [-0.2, -0.15) is 0 Å². The number of nitrogens with zero attached hydrogens (tertiary/aromatic N) is 2. The van der Waals surface area contributed by atoms with E-state index in [9.17, 15) is 9.59 Å². The van der Waals surface area contributed by atoms with Crippen LogP contribution in [0.2, 0.25) is 0 Å². The third-order valence-electron chi connectivity index (χ3n) is 4.50. The molecule has 1 saturated heterocycles. The van der Waals surface area contributed by atoms with Crippen molar-refractivity contribution >= 4 is 11.8 Å². The Morgan fingerprint density at radius 3 is 2.04 bits per heavy atom. The van der Waals surface area contributed by atoms with Crippen LogP contribution in [-0.4, -0.2) is 53.3 Å². The molecule has 0 spiro atoms. The van der Waals surface area contributed by atoms with Gasteiger partial charge in [0.2, 0.25) is 11.8 Å². The molecule has 25 heavy (non-hydrogen) atoms. The van der Waals surface area contributed by atoms with Gasteiger partial charge < -0.3 is 10.2 Å². The van der Waals surface area contributed by atoms with Crippen molar-refractivity contribution in [3.63, 3.8) is 0 Å². The summed E-state index contributed by atoms with van der Waals surface area (Å²) in [5.41, 5.74) is -0.107. The Morgan fingerprint density at radius 1 is 0.960 bits per heavy atom. The highest BCUT2D eigenvalue weighted by molar-refractivity contribution is 6.04. The van der Waals surface area contributed by atoms with Crippen molar-refractivity contribution < 1.29 is 9.59 Å². The first-order valence-corrected chi connectivity index (χ1v) is 8.98. The normalized spacial score (nSPS) is 16.6. The first kappa shape index (κ1) is 19.4. The second-order valence-corrected chi connectivity index (χ2v) is 8.38. The van der Waals surface area contributed by atoms with Crippen molar-refractivity contribution in [2.24, 2.45) is 5.41 Å². The lowest BCUT2D eigenvalue weighted by Crippen LogP contribution is -2.57. The summed E-state index contributed by atoms with van der Waals surface area (Å²) in [6.07, 6.45) is 0. The molecule has 1 N–H and O–H groups in total. The van der Waals surface area contributed by atoms with E-state index in [-0.39, 0.29) is 17.4 Å². The summed E-state index contributed by atoms with van der Waals surface area (Å²) in [6.45, 7) is 13.1. The Kier molecular flexibility index (Phi) is 5.88. The number of rotatable bonds is 4. The smallest absolute Gasteiger partial charge is 0.237 e. The predicted molar refractivity (Wildman–Crippen MR) is 100.0 cm³/mol. The number of carbonyl (C=O) groups is 2. The minimum Gasteiger partial charge on any atom is -0.351 e. The second kappa shape index (κ2) is 7.56. The molecule has 0 saturated carbocycles. The average molecular weight is 345 g/mol. The summed E-state index contributed by atoms with van der Waals surface area (Å²) in [4.78, 5) is 29.5. The molecule has 2 amide bonds. The maximum absolute atomic E-state index is 12.9. The summed E-state index contributed by atoms with van der Waals surface area (Å²) in [7, 11) is 0. The zero-order valence-corrected chi connectivity index (χ0v) is 16.1.